The first kappa shape index (κ1) is 7.50. The molecule has 0 aliphatic heterocycles. The second-order valence-electron chi connectivity index (χ2n) is 2.14. The highest BCUT2D eigenvalue weighted by atomic mass is 32.1. The summed E-state index contributed by atoms with van der Waals surface area (Å²) in [5.74, 6) is 0. The quantitative estimate of drug-likeness (QED) is 0.626. The molecular weight excluding hydrogens is 148 g/mol. The van der Waals surface area contributed by atoms with Gasteiger partial charge in [-0.3, -0.25) is 4.68 Å². The number of aliphatic hydroxyl groups excluding tert-OH is 1. The van der Waals surface area contributed by atoms with Crippen LogP contribution in [0.3, 0.4) is 0 Å². The molecule has 0 fully saturated rings. The van der Waals surface area contributed by atoms with Gasteiger partial charge in [0, 0.05) is 11.8 Å². The molecule has 10 heavy (non-hydrogen) atoms. The predicted octanol–water partition coefficient (Wildman–Crippen LogP) is 0.846. The minimum atomic E-state index is 0.119. The van der Waals surface area contributed by atoms with E-state index in [1.165, 1.54) is 0 Å². The Morgan fingerprint density at radius 2 is 2.50 bits per heavy atom. The van der Waals surface area contributed by atoms with E-state index >= 15 is 0 Å². The summed E-state index contributed by atoms with van der Waals surface area (Å²) in [7, 11) is 0. The summed E-state index contributed by atoms with van der Waals surface area (Å²) in [5.41, 5.74) is 1.04. The minimum Gasteiger partial charge on any atom is -0.394 e. The predicted molar refractivity (Wildman–Crippen MR) is 41.4 cm³/mol. The maximum Gasteiger partial charge on any atom is 0.124 e. The van der Waals surface area contributed by atoms with E-state index in [1.807, 2.05) is 13.1 Å². The van der Waals surface area contributed by atoms with E-state index in [4.69, 9.17) is 17.3 Å². The molecule has 0 amide bonds. The highest BCUT2D eigenvalue weighted by Crippen LogP contribution is 1.98. The Bertz CT molecular complexity index is 263. The second-order valence-corrected chi connectivity index (χ2v) is 2.52. The van der Waals surface area contributed by atoms with E-state index in [1.54, 1.807) is 4.68 Å². The number of hydrogen-bond acceptors (Lipinski definition) is 2. The molecule has 1 aromatic rings. The molecule has 3 nitrogen and oxygen atoms in total. The van der Waals surface area contributed by atoms with Gasteiger partial charge in [0.15, 0.2) is 0 Å². The van der Waals surface area contributed by atoms with Gasteiger partial charge >= 0.3 is 0 Å². The van der Waals surface area contributed by atoms with Crippen molar-refractivity contribution in [3.05, 3.63) is 16.4 Å². The molecular formula is C6H10N2OS. The lowest BCUT2D eigenvalue weighted by Crippen LogP contribution is -2.03. The third-order valence-electron chi connectivity index (χ3n) is 1.34. The molecule has 1 rings (SSSR count). The molecule has 4 heteroatoms. The number of H-pyrrole nitrogens is 1. The van der Waals surface area contributed by atoms with Gasteiger partial charge in [0.05, 0.1) is 13.2 Å². The third kappa shape index (κ3) is 1.27. The molecule has 0 bridgehead atoms. The summed E-state index contributed by atoms with van der Waals surface area (Å²) in [5, 5.41) is 11.5. The van der Waals surface area contributed by atoms with E-state index in [0.29, 0.717) is 6.54 Å². The standard InChI is InChI=1S/C6H10N2OS/c1-5-4-7-8(2-3-9)6(5)10/h4,7,9H,2-3H2,1H3. The molecule has 0 saturated carbocycles. The number of rotatable bonds is 2. The topological polar surface area (TPSA) is 41.0 Å². The number of nitrogens with zero attached hydrogens (tertiary/aromatic N) is 1. The van der Waals surface area contributed by atoms with Crippen LogP contribution in [0.2, 0.25) is 0 Å². The number of hydrogen-bond donors (Lipinski definition) is 2. The third-order valence-corrected chi connectivity index (χ3v) is 1.89. The van der Waals surface area contributed by atoms with Crippen LogP contribution in [0.25, 0.3) is 0 Å². The van der Waals surface area contributed by atoms with Crippen molar-refractivity contribution in [3.8, 4) is 0 Å². The Morgan fingerprint density at radius 3 is 2.90 bits per heavy atom. The van der Waals surface area contributed by atoms with Crippen molar-refractivity contribution in [2.75, 3.05) is 6.61 Å². The maximum absolute atomic E-state index is 8.57. The van der Waals surface area contributed by atoms with Gasteiger partial charge in [0.1, 0.15) is 4.64 Å². The Kier molecular flexibility index (Phi) is 2.24. The fraction of sp³-hybridized carbons (Fsp3) is 0.500. The number of aryl methyl sites for hydroxylation is 1. The fourth-order valence-electron chi connectivity index (χ4n) is 0.774. The minimum absolute atomic E-state index is 0.119. The lowest BCUT2D eigenvalue weighted by atomic mass is 10.4. The van der Waals surface area contributed by atoms with Crippen LogP contribution < -0.4 is 0 Å². The SMILES string of the molecule is Cc1c[nH]n(CCO)c1=S. The Balaban J connectivity index is 2.95. The number of aliphatic hydroxyl groups is 1. The van der Waals surface area contributed by atoms with Crippen LogP contribution in [-0.2, 0) is 6.54 Å². The summed E-state index contributed by atoms with van der Waals surface area (Å²) < 4.78 is 2.51. The molecule has 1 heterocycles. The van der Waals surface area contributed by atoms with Crippen LogP contribution in [0.15, 0.2) is 6.20 Å². The van der Waals surface area contributed by atoms with Crippen molar-refractivity contribution < 1.29 is 5.11 Å². The normalized spacial score (nSPS) is 10.2. The zero-order chi connectivity index (χ0) is 7.56. The first-order valence-corrected chi connectivity index (χ1v) is 3.52. The van der Waals surface area contributed by atoms with E-state index < -0.39 is 0 Å². The summed E-state index contributed by atoms with van der Waals surface area (Å²) in [6, 6.07) is 0. The summed E-state index contributed by atoms with van der Waals surface area (Å²) in [4.78, 5) is 0. The van der Waals surface area contributed by atoms with E-state index in [2.05, 4.69) is 5.10 Å². The van der Waals surface area contributed by atoms with Crippen molar-refractivity contribution in [2.45, 2.75) is 13.5 Å². The van der Waals surface area contributed by atoms with Crippen LogP contribution in [0.4, 0.5) is 0 Å². The molecule has 56 valence electrons. The average molecular weight is 158 g/mol. The molecule has 0 unspecified atom stereocenters. The molecule has 0 aromatic carbocycles. The van der Waals surface area contributed by atoms with Gasteiger partial charge in [0.25, 0.3) is 0 Å². The van der Waals surface area contributed by atoms with Crippen LogP contribution >= 0.6 is 12.2 Å². The molecule has 0 aliphatic carbocycles. The Morgan fingerprint density at radius 1 is 1.80 bits per heavy atom. The average Bonchev–Trinajstić information content (AvgIpc) is 2.20. The zero-order valence-electron chi connectivity index (χ0n) is 5.79. The van der Waals surface area contributed by atoms with Crippen LogP contribution in [0.5, 0.6) is 0 Å². The van der Waals surface area contributed by atoms with E-state index in [-0.39, 0.29) is 6.61 Å². The maximum atomic E-state index is 8.57. The first-order chi connectivity index (χ1) is 4.75. The molecule has 1 aromatic heterocycles. The van der Waals surface area contributed by atoms with Gasteiger partial charge in [0.2, 0.25) is 0 Å². The first-order valence-electron chi connectivity index (χ1n) is 3.11. The van der Waals surface area contributed by atoms with Gasteiger partial charge in [-0.25, -0.2) is 0 Å². The number of aromatic amines is 1. The number of nitrogens with one attached hydrogen (secondary N) is 1. The van der Waals surface area contributed by atoms with Crippen LogP contribution in [-0.4, -0.2) is 21.5 Å². The van der Waals surface area contributed by atoms with Gasteiger partial charge in [-0.2, -0.15) is 0 Å². The lowest BCUT2D eigenvalue weighted by molar-refractivity contribution is 0.268. The van der Waals surface area contributed by atoms with Crippen molar-refractivity contribution in [3.63, 3.8) is 0 Å². The van der Waals surface area contributed by atoms with E-state index in [0.717, 1.165) is 10.2 Å². The zero-order valence-corrected chi connectivity index (χ0v) is 6.61. The Labute approximate surface area is 64.3 Å². The molecule has 0 spiro atoms. The van der Waals surface area contributed by atoms with E-state index in [9.17, 15) is 0 Å². The molecule has 0 radical (unpaired) electrons. The largest absolute Gasteiger partial charge is 0.394 e. The van der Waals surface area contributed by atoms with Crippen molar-refractivity contribution >= 4 is 12.2 Å². The van der Waals surface area contributed by atoms with Crippen LogP contribution in [0.1, 0.15) is 5.56 Å². The molecule has 0 atom stereocenters. The molecule has 0 aliphatic rings. The van der Waals surface area contributed by atoms with Crippen molar-refractivity contribution in [1.82, 2.24) is 9.78 Å². The van der Waals surface area contributed by atoms with Crippen molar-refractivity contribution in [1.29, 1.82) is 0 Å². The molecule has 2 N–H and O–H groups in total. The monoisotopic (exact) mass is 158 g/mol. The smallest absolute Gasteiger partial charge is 0.124 e. The summed E-state index contributed by atoms with van der Waals surface area (Å²) in [6.07, 6.45) is 1.83. The fourth-order valence-corrected chi connectivity index (χ4v) is 0.977. The van der Waals surface area contributed by atoms with Gasteiger partial charge in [-0.15, -0.1) is 0 Å². The molecule has 0 saturated heterocycles. The highest BCUT2D eigenvalue weighted by Gasteiger charge is 1.94. The second kappa shape index (κ2) is 2.98. The Hall–Kier alpha value is -0.610. The lowest BCUT2D eigenvalue weighted by Gasteiger charge is -1.96. The summed E-state index contributed by atoms with van der Waals surface area (Å²) in [6.45, 7) is 2.60. The number of aromatic nitrogens is 2. The van der Waals surface area contributed by atoms with Gasteiger partial charge in [-0.1, -0.05) is 12.2 Å². The van der Waals surface area contributed by atoms with Crippen LogP contribution in [0, 0.1) is 11.6 Å². The summed E-state index contributed by atoms with van der Waals surface area (Å²) >= 11 is 5.01. The van der Waals surface area contributed by atoms with Gasteiger partial charge in [-0.05, 0) is 6.92 Å². The highest BCUT2D eigenvalue weighted by molar-refractivity contribution is 7.71. The van der Waals surface area contributed by atoms with Crippen molar-refractivity contribution in [2.24, 2.45) is 0 Å². The van der Waals surface area contributed by atoms with Gasteiger partial charge < -0.3 is 10.2 Å².